The van der Waals surface area contributed by atoms with Crippen LogP contribution in [0, 0.1) is 0 Å². The summed E-state index contributed by atoms with van der Waals surface area (Å²) in [5, 5.41) is 12.5. The van der Waals surface area contributed by atoms with Crippen molar-refractivity contribution in [1.82, 2.24) is 29.8 Å². The minimum atomic E-state index is 0.367. The molecule has 0 saturated carbocycles. The van der Waals surface area contributed by atoms with E-state index in [0.29, 0.717) is 6.04 Å². The molecule has 3 aromatic rings. The Bertz CT molecular complexity index is 955. The Hall–Kier alpha value is -3.01. The molecular weight excluding hydrogens is 358 g/mol. The van der Waals surface area contributed by atoms with Crippen LogP contribution in [0.1, 0.15) is 6.42 Å². The van der Waals surface area contributed by atoms with Gasteiger partial charge in [-0.25, -0.2) is 4.98 Å². The molecular formula is C18H23N9O. The lowest BCUT2D eigenvalue weighted by Crippen LogP contribution is -2.38. The molecule has 5 heterocycles. The van der Waals surface area contributed by atoms with Crippen LogP contribution in [0.4, 0.5) is 17.6 Å². The number of nitrogens with zero attached hydrogens (tertiary/aromatic N) is 9. The molecule has 0 radical (unpaired) electrons. The maximum atomic E-state index is 5.43. The highest BCUT2D eigenvalue weighted by Crippen LogP contribution is 2.24. The van der Waals surface area contributed by atoms with E-state index in [1.807, 2.05) is 24.4 Å². The number of rotatable bonds is 4. The average Bonchev–Trinajstić information content (AvgIpc) is 3.43. The van der Waals surface area contributed by atoms with E-state index in [1.54, 1.807) is 10.8 Å². The summed E-state index contributed by atoms with van der Waals surface area (Å²) in [6.07, 6.45) is 4.53. The fourth-order valence-electron chi connectivity index (χ4n) is 3.79. The molecule has 146 valence electrons. The molecule has 0 spiro atoms. The van der Waals surface area contributed by atoms with Crippen molar-refractivity contribution in [3.63, 3.8) is 0 Å². The van der Waals surface area contributed by atoms with Crippen molar-refractivity contribution in [1.29, 1.82) is 0 Å². The van der Waals surface area contributed by atoms with Crippen LogP contribution in [0.5, 0.6) is 0 Å². The number of aromatic nitrogens is 6. The quantitative estimate of drug-likeness (QED) is 0.640. The van der Waals surface area contributed by atoms with Gasteiger partial charge in [-0.2, -0.15) is 9.50 Å². The first kappa shape index (κ1) is 17.1. The summed E-state index contributed by atoms with van der Waals surface area (Å²) < 4.78 is 7.14. The lowest BCUT2D eigenvalue weighted by atomic mass is 10.2. The number of morpholine rings is 1. The first-order valence-corrected chi connectivity index (χ1v) is 9.58. The maximum absolute atomic E-state index is 5.43. The van der Waals surface area contributed by atoms with E-state index >= 15 is 0 Å². The maximum Gasteiger partial charge on any atom is 0.227 e. The van der Waals surface area contributed by atoms with Gasteiger partial charge in [0.25, 0.3) is 0 Å². The Labute approximate surface area is 162 Å². The third kappa shape index (κ3) is 3.19. The second-order valence-corrected chi connectivity index (χ2v) is 7.14. The van der Waals surface area contributed by atoms with Crippen molar-refractivity contribution in [2.45, 2.75) is 12.5 Å². The second kappa shape index (κ2) is 7.19. The highest BCUT2D eigenvalue weighted by atomic mass is 16.5. The highest BCUT2D eigenvalue weighted by Gasteiger charge is 2.28. The van der Waals surface area contributed by atoms with E-state index in [1.165, 1.54) is 0 Å². The van der Waals surface area contributed by atoms with Gasteiger partial charge >= 0.3 is 0 Å². The summed E-state index contributed by atoms with van der Waals surface area (Å²) in [4.78, 5) is 16.0. The summed E-state index contributed by atoms with van der Waals surface area (Å²) in [6.45, 7) is 4.98. The lowest BCUT2D eigenvalue weighted by Gasteiger charge is -2.29. The summed E-state index contributed by atoms with van der Waals surface area (Å²) in [6, 6.07) is 6.30. The number of hydrogen-bond acceptors (Lipinski definition) is 9. The highest BCUT2D eigenvalue weighted by molar-refractivity contribution is 5.49. The molecule has 5 rings (SSSR count). The zero-order valence-electron chi connectivity index (χ0n) is 15.8. The minimum Gasteiger partial charge on any atom is -0.378 e. The van der Waals surface area contributed by atoms with Crippen molar-refractivity contribution in [3.05, 3.63) is 30.7 Å². The number of likely N-dealkylation sites (N-methyl/N-ethyl adjacent to an activating group) is 1. The summed E-state index contributed by atoms with van der Waals surface area (Å²) >= 11 is 0. The van der Waals surface area contributed by atoms with Crippen LogP contribution in [0.25, 0.3) is 5.65 Å². The molecule has 0 N–H and O–H groups in total. The Morgan fingerprint density at radius 1 is 1.11 bits per heavy atom. The van der Waals surface area contributed by atoms with Crippen LogP contribution in [0.15, 0.2) is 30.7 Å². The largest absolute Gasteiger partial charge is 0.378 e. The van der Waals surface area contributed by atoms with E-state index in [0.717, 1.165) is 69.0 Å². The molecule has 3 aromatic heterocycles. The van der Waals surface area contributed by atoms with Gasteiger partial charge in [0.05, 0.1) is 13.2 Å². The first-order valence-electron chi connectivity index (χ1n) is 9.58. The number of ether oxygens (including phenoxy) is 1. The van der Waals surface area contributed by atoms with Crippen molar-refractivity contribution < 1.29 is 4.74 Å². The Balaban J connectivity index is 1.30. The Morgan fingerprint density at radius 2 is 2.00 bits per heavy atom. The van der Waals surface area contributed by atoms with E-state index in [9.17, 15) is 0 Å². The molecule has 2 aliphatic rings. The first-order chi connectivity index (χ1) is 13.8. The van der Waals surface area contributed by atoms with Crippen molar-refractivity contribution in [3.8, 4) is 0 Å². The van der Waals surface area contributed by atoms with Gasteiger partial charge in [0.2, 0.25) is 5.95 Å². The predicted molar refractivity (Wildman–Crippen MR) is 105 cm³/mol. The molecule has 0 aliphatic carbocycles. The van der Waals surface area contributed by atoms with Gasteiger partial charge in [-0.15, -0.1) is 15.3 Å². The lowest BCUT2D eigenvalue weighted by molar-refractivity contribution is 0.122. The smallest absolute Gasteiger partial charge is 0.227 e. The fourth-order valence-corrected chi connectivity index (χ4v) is 3.79. The van der Waals surface area contributed by atoms with E-state index in [2.05, 4.69) is 42.0 Å². The molecule has 28 heavy (non-hydrogen) atoms. The summed E-state index contributed by atoms with van der Waals surface area (Å²) in [5.41, 5.74) is 0.758. The molecule has 1 atom stereocenters. The van der Waals surface area contributed by atoms with E-state index in [4.69, 9.17) is 9.72 Å². The Morgan fingerprint density at radius 3 is 2.89 bits per heavy atom. The van der Waals surface area contributed by atoms with Crippen LogP contribution in [-0.4, -0.2) is 82.3 Å². The summed E-state index contributed by atoms with van der Waals surface area (Å²) in [5.74, 6) is 2.67. The molecule has 1 unspecified atom stereocenters. The van der Waals surface area contributed by atoms with Crippen LogP contribution >= 0.6 is 0 Å². The van der Waals surface area contributed by atoms with Gasteiger partial charge in [0, 0.05) is 45.5 Å². The zero-order chi connectivity index (χ0) is 18.9. The summed E-state index contributed by atoms with van der Waals surface area (Å²) in [7, 11) is 2.11. The molecule has 10 nitrogen and oxygen atoms in total. The SMILES string of the molecule is CN(c1ccnc(N2CCOCC2)n1)C1CCN(c2ccc3nncn3n2)C1. The molecule has 0 bridgehead atoms. The fraction of sp³-hybridized carbons (Fsp3) is 0.500. The van der Waals surface area contributed by atoms with Gasteiger partial charge < -0.3 is 19.4 Å². The number of fused-ring (bicyclic) bond motifs is 1. The molecule has 0 amide bonds. The molecule has 10 heteroatoms. The number of anilines is 3. The van der Waals surface area contributed by atoms with Gasteiger partial charge in [-0.05, 0) is 24.6 Å². The van der Waals surface area contributed by atoms with Crippen LogP contribution in [0.3, 0.4) is 0 Å². The topological polar surface area (TPSA) is 87.8 Å². The minimum absolute atomic E-state index is 0.367. The standard InChI is InChI=1S/C18H23N9O/c1-24(15-4-6-19-18(21-15)25-8-10-28-11-9-25)14-5-7-26(12-14)17-3-2-16-22-20-13-27(16)23-17/h2-4,6,13-14H,5,7-12H2,1H3. The normalized spacial score (nSPS) is 20.1. The predicted octanol–water partition coefficient (Wildman–Crippen LogP) is 0.466. The van der Waals surface area contributed by atoms with Crippen LogP contribution in [0.2, 0.25) is 0 Å². The second-order valence-electron chi connectivity index (χ2n) is 7.14. The number of hydrogen-bond donors (Lipinski definition) is 0. The van der Waals surface area contributed by atoms with Gasteiger partial charge in [-0.1, -0.05) is 0 Å². The van der Waals surface area contributed by atoms with Crippen LogP contribution < -0.4 is 14.7 Å². The molecule has 0 aromatic carbocycles. The third-order valence-corrected chi connectivity index (χ3v) is 5.47. The van der Waals surface area contributed by atoms with E-state index < -0.39 is 0 Å². The van der Waals surface area contributed by atoms with Gasteiger partial charge in [0.15, 0.2) is 5.65 Å². The van der Waals surface area contributed by atoms with Gasteiger partial charge in [-0.3, -0.25) is 0 Å². The average molecular weight is 381 g/mol. The molecule has 2 aliphatic heterocycles. The van der Waals surface area contributed by atoms with Crippen molar-refractivity contribution in [2.24, 2.45) is 0 Å². The van der Waals surface area contributed by atoms with E-state index in [-0.39, 0.29) is 0 Å². The van der Waals surface area contributed by atoms with Crippen LogP contribution in [-0.2, 0) is 4.74 Å². The monoisotopic (exact) mass is 381 g/mol. The van der Waals surface area contributed by atoms with Crippen molar-refractivity contribution >= 4 is 23.2 Å². The molecule has 2 fully saturated rings. The third-order valence-electron chi connectivity index (χ3n) is 5.47. The Kier molecular flexibility index (Phi) is 4.40. The van der Waals surface area contributed by atoms with Crippen molar-refractivity contribution in [2.75, 3.05) is 61.1 Å². The van der Waals surface area contributed by atoms with Gasteiger partial charge in [0.1, 0.15) is 18.0 Å². The molecule has 2 saturated heterocycles. The zero-order valence-corrected chi connectivity index (χ0v) is 15.8.